The van der Waals surface area contributed by atoms with Gasteiger partial charge in [0.15, 0.2) is 5.75 Å². The van der Waals surface area contributed by atoms with Gasteiger partial charge in [-0.05, 0) is 30.5 Å². The van der Waals surface area contributed by atoms with Gasteiger partial charge < -0.3 is 28.5 Å². The molecule has 3 rings (SSSR count). The first-order valence-electron chi connectivity index (χ1n) is 9.30. The summed E-state index contributed by atoms with van der Waals surface area (Å²) in [5.74, 6) is 0.341. The summed E-state index contributed by atoms with van der Waals surface area (Å²) in [6.07, 6.45) is 1.33. The van der Waals surface area contributed by atoms with E-state index in [1.807, 2.05) is 20.8 Å². The Balaban J connectivity index is 1.89. The van der Waals surface area contributed by atoms with E-state index < -0.39 is 5.63 Å². The van der Waals surface area contributed by atoms with Crippen LogP contribution in [0.25, 0.3) is 11.0 Å². The maximum atomic E-state index is 12.1. The quantitative estimate of drug-likeness (QED) is 0.556. The Morgan fingerprint density at radius 1 is 1.33 bits per heavy atom. The van der Waals surface area contributed by atoms with Crippen molar-refractivity contribution < 1.29 is 28.5 Å². The molecule has 0 spiro atoms. The number of hydrogen-bond acceptors (Lipinski definition) is 7. The number of unbranched alkanes of at least 4 members (excludes halogenated alkanes) is 1. The molecule has 1 aromatic carbocycles. The fourth-order valence-corrected chi connectivity index (χ4v) is 3.00. The van der Waals surface area contributed by atoms with E-state index in [0.29, 0.717) is 24.3 Å². The van der Waals surface area contributed by atoms with Crippen molar-refractivity contribution in [1.82, 2.24) is 0 Å². The Bertz CT molecular complexity index is 821. The topological polar surface area (TPSA) is 87.4 Å². The zero-order valence-electron chi connectivity index (χ0n) is 15.9. The molecular formula is C20H26O7. The van der Waals surface area contributed by atoms with Gasteiger partial charge in [0.2, 0.25) is 5.75 Å². The highest BCUT2D eigenvalue weighted by atomic mass is 16.7. The van der Waals surface area contributed by atoms with E-state index in [9.17, 15) is 9.90 Å². The number of ether oxygens (including phenoxy) is 4. The minimum Gasteiger partial charge on any atom is -0.504 e. The SMILES string of the molecule is CCCCOc1c(O)c2cc(OC(C(C)C)C3COCO3)ccc2oc1=O. The molecule has 0 radical (unpaired) electrons. The fourth-order valence-electron chi connectivity index (χ4n) is 3.00. The summed E-state index contributed by atoms with van der Waals surface area (Å²) in [5, 5.41) is 10.9. The van der Waals surface area contributed by atoms with Crippen molar-refractivity contribution in [2.75, 3.05) is 20.0 Å². The zero-order chi connectivity index (χ0) is 19.4. The highest BCUT2D eigenvalue weighted by Gasteiger charge is 2.31. The third-order valence-corrected chi connectivity index (χ3v) is 4.50. The summed E-state index contributed by atoms with van der Waals surface area (Å²) < 4.78 is 27.7. The van der Waals surface area contributed by atoms with E-state index in [2.05, 4.69) is 0 Å². The van der Waals surface area contributed by atoms with Gasteiger partial charge in [0, 0.05) is 0 Å². The Morgan fingerprint density at radius 2 is 2.15 bits per heavy atom. The molecule has 1 aliphatic heterocycles. The minimum atomic E-state index is -0.693. The lowest BCUT2D eigenvalue weighted by Crippen LogP contribution is -2.37. The molecule has 2 heterocycles. The molecule has 1 aliphatic rings. The van der Waals surface area contributed by atoms with Gasteiger partial charge in [-0.2, -0.15) is 0 Å². The Labute approximate surface area is 157 Å². The lowest BCUT2D eigenvalue weighted by Gasteiger charge is -2.26. The Kier molecular flexibility index (Phi) is 6.23. The lowest BCUT2D eigenvalue weighted by atomic mass is 10.0. The first-order chi connectivity index (χ1) is 13.0. The van der Waals surface area contributed by atoms with Gasteiger partial charge in [-0.15, -0.1) is 0 Å². The smallest absolute Gasteiger partial charge is 0.383 e. The van der Waals surface area contributed by atoms with E-state index >= 15 is 0 Å². The van der Waals surface area contributed by atoms with E-state index in [1.165, 1.54) is 0 Å². The number of aromatic hydroxyl groups is 1. The van der Waals surface area contributed by atoms with Crippen LogP contribution in [0.1, 0.15) is 33.6 Å². The van der Waals surface area contributed by atoms with Crippen LogP contribution in [-0.4, -0.2) is 37.3 Å². The van der Waals surface area contributed by atoms with Crippen LogP contribution >= 0.6 is 0 Å². The molecule has 1 aromatic heterocycles. The lowest BCUT2D eigenvalue weighted by molar-refractivity contribution is -0.0159. The van der Waals surface area contributed by atoms with Gasteiger partial charge in [0.25, 0.3) is 0 Å². The average molecular weight is 378 g/mol. The van der Waals surface area contributed by atoms with Gasteiger partial charge in [0.1, 0.15) is 30.3 Å². The van der Waals surface area contributed by atoms with Gasteiger partial charge in [-0.25, -0.2) is 4.79 Å². The number of hydrogen-bond donors (Lipinski definition) is 1. The summed E-state index contributed by atoms with van der Waals surface area (Å²) in [4.78, 5) is 12.1. The summed E-state index contributed by atoms with van der Waals surface area (Å²) >= 11 is 0. The molecule has 7 heteroatoms. The molecule has 1 saturated heterocycles. The summed E-state index contributed by atoms with van der Waals surface area (Å²) in [6.45, 7) is 7.18. The third kappa shape index (κ3) is 4.36. The first kappa shape index (κ1) is 19.5. The molecule has 1 fully saturated rings. The Hall–Kier alpha value is -2.25. The van der Waals surface area contributed by atoms with Gasteiger partial charge >= 0.3 is 5.63 Å². The molecule has 2 aromatic rings. The van der Waals surface area contributed by atoms with Gasteiger partial charge in [-0.1, -0.05) is 27.2 Å². The predicted molar refractivity (Wildman–Crippen MR) is 99.5 cm³/mol. The fraction of sp³-hybridized carbons (Fsp3) is 0.550. The Morgan fingerprint density at radius 3 is 2.81 bits per heavy atom. The highest BCUT2D eigenvalue weighted by molar-refractivity contribution is 5.86. The number of benzene rings is 1. The predicted octanol–water partition coefficient (Wildman–Crippen LogP) is 3.45. The second kappa shape index (κ2) is 8.63. The van der Waals surface area contributed by atoms with E-state index in [0.717, 1.165) is 12.8 Å². The highest BCUT2D eigenvalue weighted by Crippen LogP contribution is 2.34. The molecule has 2 unspecified atom stereocenters. The van der Waals surface area contributed by atoms with Gasteiger partial charge in [0.05, 0.1) is 18.6 Å². The largest absolute Gasteiger partial charge is 0.504 e. The molecular weight excluding hydrogens is 352 g/mol. The van der Waals surface area contributed by atoms with Crippen molar-refractivity contribution in [3.05, 3.63) is 28.6 Å². The molecule has 2 atom stereocenters. The molecule has 0 bridgehead atoms. The van der Waals surface area contributed by atoms with Crippen LogP contribution in [-0.2, 0) is 9.47 Å². The normalized spacial score (nSPS) is 18.1. The molecule has 0 saturated carbocycles. The van der Waals surface area contributed by atoms with Crippen LogP contribution in [0.15, 0.2) is 27.4 Å². The molecule has 0 aliphatic carbocycles. The molecule has 148 valence electrons. The van der Waals surface area contributed by atoms with E-state index in [1.54, 1.807) is 18.2 Å². The molecule has 27 heavy (non-hydrogen) atoms. The van der Waals surface area contributed by atoms with Crippen molar-refractivity contribution in [1.29, 1.82) is 0 Å². The van der Waals surface area contributed by atoms with Crippen molar-refractivity contribution in [3.63, 3.8) is 0 Å². The minimum absolute atomic E-state index is 0.157. The van der Waals surface area contributed by atoms with Crippen molar-refractivity contribution >= 4 is 11.0 Å². The molecule has 0 amide bonds. The van der Waals surface area contributed by atoms with Crippen molar-refractivity contribution in [2.45, 2.75) is 45.8 Å². The van der Waals surface area contributed by atoms with Crippen LogP contribution in [0.2, 0.25) is 0 Å². The molecule has 1 N–H and O–H groups in total. The summed E-state index contributed by atoms with van der Waals surface area (Å²) in [7, 11) is 0. The second-order valence-corrected chi connectivity index (χ2v) is 6.95. The number of rotatable bonds is 8. The second-order valence-electron chi connectivity index (χ2n) is 6.95. The average Bonchev–Trinajstić information content (AvgIpc) is 3.17. The monoisotopic (exact) mass is 378 g/mol. The van der Waals surface area contributed by atoms with Crippen molar-refractivity contribution in [3.8, 4) is 17.2 Å². The van der Waals surface area contributed by atoms with Crippen LogP contribution in [0.5, 0.6) is 17.2 Å². The summed E-state index contributed by atoms with van der Waals surface area (Å²) in [5.41, 5.74) is -0.421. The molecule has 7 nitrogen and oxygen atoms in total. The standard InChI is InChI=1S/C20H26O7/c1-4-5-8-24-19-17(21)14-9-13(6-7-15(14)27-20(19)22)26-18(12(2)3)16-10-23-11-25-16/h6-7,9,12,16,18,21H,4-5,8,10-11H2,1-3H3. The van der Waals surface area contributed by atoms with Crippen LogP contribution in [0.4, 0.5) is 0 Å². The number of fused-ring (bicyclic) bond motifs is 1. The maximum absolute atomic E-state index is 12.1. The van der Waals surface area contributed by atoms with Crippen LogP contribution in [0.3, 0.4) is 0 Å². The van der Waals surface area contributed by atoms with Crippen molar-refractivity contribution in [2.24, 2.45) is 5.92 Å². The van der Waals surface area contributed by atoms with E-state index in [4.69, 9.17) is 23.4 Å². The summed E-state index contributed by atoms with van der Waals surface area (Å²) in [6, 6.07) is 4.95. The van der Waals surface area contributed by atoms with Crippen LogP contribution in [0, 0.1) is 5.92 Å². The van der Waals surface area contributed by atoms with Gasteiger partial charge in [-0.3, -0.25) is 0 Å². The van der Waals surface area contributed by atoms with Crippen LogP contribution < -0.4 is 15.1 Å². The first-order valence-corrected chi connectivity index (χ1v) is 9.30. The zero-order valence-corrected chi connectivity index (χ0v) is 15.9. The third-order valence-electron chi connectivity index (χ3n) is 4.50. The van der Waals surface area contributed by atoms with E-state index in [-0.39, 0.29) is 42.0 Å². The maximum Gasteiger partial charge on any atom is 0.383 e.